The van der Waals surface area contributed by atoms with Crippen molar-refractivity contribution in [1.29, 1.82) is 0 Å². The fourth-order valence-electron chi connectivity index (χ4n) is 2.15. The Kier molecular flexibility index (Phi) is 6.73. The van der Waals surface area contributed by atoms with E-state index in [1.54, 1.807) is 6.92 Å². The fraction of sp³-hybridized carbons (Fsp3) is 1.00. The SMILES string of the molecule is CC(C)NCC(C)S(=O)(=O)NCC1CCN(C)CC1. The molecule has 1 saturated heterocycles. The predicted octanol–water partition coefficient (Wildman–Crippen LogP) is 0.634. The van der Waals surface area contributed by atoms with Gasteiger partial charge in [0.2, 0.25) is 10.0 Å². The molecule has 6 heteroatoms. The van der Waals surface area contributed by atoms with Crippen molar-refractivity contribution in [2.24, 2.45) is 5.92 Å². The molecule has 1 aliphatic rings. The number of hydrogen-bond donors (Lipinski definition) is 2. The van der Waals surface area contributed by atoms with E-state index in [1.165, 1.54) is 0 Å². The van der Waals surface area contributed by atoms with Gasteiger partial charge in [-0.05, 0) is 45.8 Å². The lowest BCUT2D eigenvalue weighted by molar-refractivity contribution is 0.220. The fourth-order valence-corrected chi connectivity index (χ4v) is 3.22. The Morgan fingerprint density at radius 1 is 1.21 bits per heavy atom. The molecule has 114 valence electrons. The van der Waals surface area contributed by atoms with E-state index in [1.807, 2.05) is 13.8 Å². The number of rotatable bonds is 7. The molecule has 1 atom stereocenters. The number of nitrogens with one attached hydrogen (secondary N) is 2. The van der Waals surface area contributed by atoms with Gasteiger partial charge in [0.15, 0.2) is 0 Å². The second-order valence-corrected chi connectivity index (χ2v) is 8.20. The molecule has 0 spiro atoms. The van der Waals surface area contributed by atoms with Crippen molar-refractivity contribution < 1.29 is 8.42 Å². The summed E-state index contributed by atoms with van der Waals surface area (Å²) in [6, 6.07) is 0.312. The summed E-state index contributed by atoms with van der Waals surface area (Å²) in [6.45, 7) is 9.01. The third kappa shape index (κ3) is 6.21. The summed E-state index contributed by atoms with van der Waals surface area (Å²) < 4.78 is 27.0. The summed E-state index contributed by atoms with van der Waals surface area (Å²) in [6.07, 6.45) is 2.16. The van der Waals surface area contributed by atoms with E-state index in [-0.39, 0.29) is 5.25 Å². The summed E-state index contributed by atoms with van der Waals surface area (Å²) >= 11 is 0. The largest absolute Gasteiger partial charge is 0.313 e. The highest BCUT2D eigenvalue weighted by molar-refractivity contribution is 7.90. The maximum absolute atomic E-state index is 12.1. The first-order valence-corrected chi connectivity index (χ1v) is 8.76. The molecule has 1 fully saturated rings. The van der Waals surface area contributed by atoms with Gasteiger partial charge in [0.25, 0.3) is 0 Å². The van der Waals surface area contributed by atoms with Crippen molar-refractivity contribution >= 4 is 10.0 Å². The predicted molar refractivity (Wildman–Crippen MR) is 79.7 cm³/mol. The molecular formula is C13H29N3O2S. The Balaban J connectivity index is 2.33. The zero-order valence-corrected chi connectivity index (χ0v) is 13.5. The van der Waals surface area contributed by atoms with E-state index >= 15 is 0 Å². The molecule has 0 aromatic carbocycles. The second-order valence-electron chi connectivity index (χ2n) is 6.01. The summed E-state index contributed by atoms with van der Waals surface area (Å²) in [5.74, 6) is 0.483. The number of sulfonamides is 1. The Morgan fingerprint density at radius 2 is 1.79 bits per heavy atom. The average molecular weight is 291 g/mol. The lowest BCUT2D eigenvalue weighted by Gasteiger charge is -2.29. The number of nitrogens with zero attached hydrogens (tertiary/aromatic N) is 1. The van der Waals surface area contributed by atoms with Gasteiger partial charge in [-0.3, -0.25) is 0 Å². The monoisotopic (exact) mass is 291 g/mol. The summed E-state index contributed by atoms with van der Waals surface area (Å²) in [7, 11) is -1.08. The first-order valence-electron chi connectivity index (χ1n) is 7.21. The van der Waals surface area contributed by atoms with Gasteiger partial charge in [-0.2, -0.15) is 0 Å². The van der Waals surface area contributed by atoms with Crippen LogP contribution in [0, 0.1) is 5.92 Å². The van der Waals surface area contributed by atoms with E-state index in [0.717, 1.165) is 25.9 Å². The van der Waals surface area contributed by atoms with Crippen LogP contribution >= 0.6 is 0 Å². The van der Waals surface area contributed by atoms with Gasteiger partial charge in [0, 0.05) is 19.1 Å². The quantitative estimate of drug-likeness (QED) is 0.722. The molecule has 0 bridgehead atoms. The molecule has 5 nitrogen and oxygen atoms in total. The van der Waals surface area contributed by atoms with Crippen molar-refractivity contribution in [2.45, 2.75) is 44.9 Å². The van der Waals surface area contributed by atoms with Crippen LogP contribution in [0.3, 0.4) is 0 Å². The Bertz CT molecular complexity index is 349. The third-order valence-electron chi connectivity index (χ3n) is 3.75. The molecule has 0 aromatic heterocycles. The zero-order chi connectivity index (χ0) is 14.5. The molecule has 1 rings (SSSR count). The van der Waals surface area contributed by atoms with Crippen LogP contribution in [0.4, 0.5) is 0 Å². The van der Waals surface area contributed by atoms with Gasteiger partial charge in [0.1, 0.15) is 0 Å². The van der Waals surface area contributed by atoms with Crippen molar-refractivity contribution in [3.8, 4) is 0 Å². The molecule has 0 radical (unpaired) electrons. The summed E-state index contributed by atoms with van der Waals surface area (Å²) in [4.78, 5) is 2.29. The molecule has 0 aliphatic carbocycles. The molecule has 0 saturated carbocycles. The number of piperidine rings is 1. The standard InChI is InChI=1S/C13H29N3O2S/c1-11(2)14-9-12(3)19(17,18)15-10-13-5-7-16(4)8-6-13/h11-15H,5-10H2,1-4H3. The van der Waals surface area contributed by atoms with E-state index in [0.29, 0.717) is 25.0 Å². The molecule has 1 aliphatic heterocycles. The third-order valence-corrected chi connectivity index (χ3v) is 5.55. The first-order chi connectivity index (χ1) is 8.81. The van der Waals surface area contributed by atoms with Crippen LogP contribution in [0.25, 0.3) is 0 Å². The van der Waals surface area contributed by atoms with Gasteiger partial charge < -0.3 is 10.2 Å². The normalized spacial score (nSPS) is 20.9. The smallest absolute Gasteiger partial charge is 0.215 e. The highest BCUT2D eigenvalue weighted by Crippen LogP contribution is 2.15. The minimum atomic E-state index is -3.19. The Hall–Kier alpha value is -0.170. The van der Waals surface area contributed by atoms with Crippen molar-refractivity contribution in [1.82, 2.24) is 14.9 Å². The van der Waals surface area contributed by atoms with Crippen molar-refractivity contribution in [2.75, 3.05) is 33.2 Å². The topological polar surface area (TPSA) is 61.4 Å². The Morgan fingerprint density at radius 3 is 2.32 bits per heavy atom. The highest BCUT2D eigenvalue weighted by Gasteiger charge is 2.23. The maximum atomic E-state index is 12.1. The number of hydrogen-bond acceptors (Lipinski definition) is 4. The van der Waals surface area contributed by atoms with Crippen LogP contribution in [-0.2, 0) is 10.0 Å². The van der Waals surface area contributed by atoms with Gasteiger partial charge in [-0.25, -0.2) is 13.1 Å². The van der Waals surface area contributed by atoms with Crippen LogP contribution in [-0.4, -0.2) is 57.8 Å². The highest BCUT2D eigenvalue weighted by atomic mass is 32.2. The van der Waals surface area contributed by atoms with E-state index in [4.69, 9.17) is 0 Å². The molecule has 0 aromatic rings. The van der Waals surface area contributed by atoms with Crippen molar-refractivity contribution in [3.63, 3.8) is 0 Å². The van der Waals surface area contributed by atoms with E-state index in [9.17, 15) is 8.42 Å². The van der Waals surface area contributed by atoms with Gasteiger partial charge in [-0.15, -0.1) is 0 Å². The summed E-state index contributed by atoms with van der Waals surface area (Å²) in [5.41, 5.74) is 0. The Labute approximate surface area is 118 Å². The summed E-state index contributed by atoms with van der Waals surface area (Å²) in [5, 5.41) is 2.78. The average Bonchev–Trinajstić information content (AvgIpc) is 2.35. The molecule has 19 heavy (non-hydrogen) atoms. The van der Waals surface area contributed by atoms with Crippen LogP contribution in [0.15, 0.2) is 0 Å². The first kappa shape index (κ1) is 16.9. The lowest BCUT2D eigenvalue weighted by Crippen LogP contribution is -2.43. The lowest BCUT2D eigenvalue weighted by atomic mass is 9.98. The van der Waals surface area contributed by atoms with Gasteiger partial charge in [0.05, 0.1) is 5.25 Å². The van der Waals surface area contributed by atoms with Crippen LogP contribution in [0.1, 0.15) is 33.6 Å². The molecule has 1 heterocycles. The van der Waals surface area contributed by atoms with Crippen molar-refractivity contribution in [3.05, 3.63) is 0 Å². The maximum Gasteiger partial charge on any atom is 0.215 e. The number of likely N-dealkylation sites (tertiary alicyclic amines) is 1. The molecule has 2 N–H and O–H groups in total. The van der Waals surface area contributed by atoms with Crippen LogP contribution in [0.2, 0.25) is 0 Å². The van der Waals surface area contributed by atoms with Crippen LogP contribution < -0.4 is 10.0 Å². The minimum absolute atomic E-state index is 0.312. The second kappa shape index (κ2) is 7.57. The zero-order valence-electron chi connectivity index (χ0n) is 12.6. The van der Waals surface area contributed by atoms with E-state index < -0.39 is 10.0 Å². The molecular weight excluding hydrogens is 262 g/mol. The van der Waals surface area contributed by atoms with Gasteiger partial charge >= 0.3 is 0 Å². The van der Waals surface area contributed by atoms with Gasteiger partial charge in [-0.1, -0.05) is 13.8 Å². The molecule has 0 amide bonds. The minimum Gasteiger partial charge on any atom is -0.313 e. The van der Waals surface area contributed by atoms with Crippen LogP contribution in [0.5, 0.6) is 0 Å². The molecule has 1 unspecified atom stereocenters. The van der Waals surface area contributed by atoms with E-state index in [2.05, 4.69) is 22.0 Å².